The maximum Gasteiger partial charge on any atom is 0.293 e. The van der Waals surface area contributed by atoms with Gasteiger partial charge in [-0.25, -0.2) is 13.6 Å². The Morgan fingerprint density at radius 3 is 2.65 bits per heavy atom. The van der Waals surface area contributed by atoms with Crippen molar-refractivity contribution in [3.8, 4) is 0 Å². The largest absolute Gasteiger partial charge is 0.377 e. The van der Waals surface area contributed by atoms with Crippen molar-refractivity contribution in [2.75, 3.05) is 17.6 Å². The molecule has 0 saturated heterocycles. The number of benzene rings is 1. The quantitative estimate of drug-likeness (QED) is 0.615. The molecule has 0 aromatic heterocycles. The van der Waals surface area contributed by atoms with Crippen LogP contribution in [-0.2, 0) is 10.0 Å². The average molecular weight is 280 g/mol. The first-order valence-electron chi connectivity index (χ1n) is 4.48. The molecule has 17 heavy (non-hydrogen) atoms. The molecular formula is C8H10ClN3O4S. The summed E-state index contributed by atoms with van der Waals surface area (Å²) in [7, 11) is -3.62. The van der Waals surface area contributed by atoms with Crippen LogP contribution in [0.15, 0.2) is 18.2 Å². The van der Waals surface area contributed by atoms with Crippen LogP contribution in [0.4, 0.5) is 11.4 Å². The number of nitro benzene ring substituents is 1. The molecule has 1 aromatic rings. The molecule has 1 rings (SSSR count). The van der Waals surface area contributed by atoms with E-state index in [0.29, 0.717) is 0 Å². The lowest BCUT2D eigenvalue weighted by atomic mass is 10.2. The lowest BCUT2D eigenvalue weighted by Gasteiger charge is -2.07. The molecule has 0 saturated carbocycles. The highest BCUT2D eigenvalue weighted by atomic mass is 35.5. The molecule has 0 spiro atoms. The van der Waals surface area contributed by atoms with Crippen LogP contribution < -0.4 is 10.5 Å². The third-order valence-electron chi connectivity index (χ3n) is 1.88. The number of para-hydroxylation sites is 1. The lowest BCUT2D eigenvalue weighted by molar-refractivity contribution is -0.383. The fourth-order valence-corrected chi connectivity index (χ4v) is 1.78. The molecule has 0 heterocycles. The zero-order chi connectivity index (χ0) is 13.1. The standard InChI is InChI=1S/C8H10ClN3O4S/c9-6-2-1-3-7(12(13)14)8(6)11-4-5-17(10,15)16/h1-3,11H,4-5H2,(H2,10,15,16). The number of primary sulfonamides is 1. The normalized spacial score (nSPS) is 11.2. The SMILES string of the molecule is NS(=O)(=O)CCNc1c(Cl)cccc1[N+](=O)[O-]. The molecule has 7 nitrogen and oxygen atoms in total. The van der Waals surface area contributed by atoms with Crippen LogP contribution in [0.3, 0.4) is 0 Å². The number of hydrogen-bond donors (Lipinski definition) is 2. The molecule has 0 aliphatic heterocycles. The molecule has 94 valence electrons. The van der Waals surface area contributed by atoms with Crippen molar-refractivity contribution in [2.45, 2.75) is 0 Å². The number of nitrogens with zero attached hydrogens (tertiary/aromatic N) is 1. The van der Waals surface area contributed by atoms with Gasteiger partial charge in [-0.1, -0.05) is 17.7 Å². The van der Waals surface area contributed by atoms with Crippen molar-refractivity contribution < 1.29 is 13.3 Å². The van der Waals surface area contributed by atoms with Crippen LogP contribution in [0.5, 0.6) is 0 Å². The number of rotatable bonds is 5. The van der Waals surface area contributed by atoms with Gasteiger partial charge >= 0.3 is 0 Å². The maximum atomic E-state index is 10.7. The summed E-state index contributed by atoms with van der Waals surface area (Å²) in [6, 6.07) is 4.17. The maximum absolute atomic E-state index is 10.7. The fraction of sp³-hybridized carbons (Fsp3) is 0.250. The Labute approximate surface area is 103 Å². The topological polar surface area (TPSA) is 115 Å². The second kappa shape index (κ2) is 5.30. The van der Waals surface area contributed by atoms with Crippen molar-refractivity contribution in [3.63, 3.8) is 0 Å². The van der Waals surface area contributed by atoms with Crippen molar-refractivity contribution >= 4 is 33.0 Å². The van der Waals surface area contributed by atoms with Gasteiger partial charge in [0.2, 0.25) is 10.0 Å². The molecule has 0 unspecified atom stereocenters. The van der Waals surface area contributed by atoms with Crippen molar-refractivity contribution in [2.24, 2.45) is 5.14 Å². The zero-order valence-corrected chi connectivity index (χ0v) is 10.2. The molecule has 0 radical (unpaired) electrons. The first-order chi connectivity index (χ1) is 7.81. The van der Waals surface area contributed by atoms with Gasteiger partial charge in [-0.2, -0.15) is 0 Å². The van der Waals surface area contributed by atoms with E-state index in [9.17, 15) is 18.5 Å². The Balaban J connectivity index is 2.86. The Bertz CT molecular complexity index is 532. The fourth-order valence-electron chi connectivity index (χ4n) is 1.16. The van der Waals surface area contributed by atoms with E-state index in [2.05, 4.69) is 5.32 Å². The first-order valence-corrected chi connectivity index (χ1v) is 6.58. The van der Waals surface area contributed by atoms with Crippen LogP contribution in [0.25, 0.3) is 0 Å². The third kappa shape index (κ3) is 4.17. The van der Waals surface area contributed by atoms with Gasteiger partial charge in [-0.15, -0.1) is 0 Å². The predicted molar refractivity (Wildman–Crippen MR) is 64.6 cm³/mol. The summed E-state index contributed by atoms with van der Waals surface area (Å²) in [5, 5.41) is 18.2. The van der Waals surface area contributed by atoms with E-state index in [1.54, 1.807) is 0 Å². The Hall–Kier alpha value is -1.38. The molecule has 0 fully saturated rings. The summed E-state index contributed by atoms with van der Waals surface area (Å²) < 4.78 is 21.4. The minimum absolute atomic E-state index is 0.0522. The minimum Gasteiger partial charge on any atom is -0.377 e. The van der Waals surface area contributed by atoms with Crippen LogP contribution in [0.2, 0.25) is 5.02 Å². The van der Waals surface area contributed by atoms with Gasteiger partial charge in [0, 0.05) is 12.6 Å². The predicted octanol–water partition coefficient (Wildman–Crippen LogP) is 0.949. The van der Waals surface area contributed by atoms with Gasteiger partial charge in [0.15, 0.2) is 0 Å². The second-order valence-corrected chi connectivity index (χ2v) is 5.33. The molecule has 0 aliphatic carbocycles. The van der Waals surface area contributed by atoms with Crippen molar-refractivity contribution in [1.29, 1.82) is 0 Å². The van der Waals surface area contributed by atoms with E-state index in [0.717, 1.165) is 0 Å². The van der Waals surface area contributed by atoms with Crippen molar-refractivity contribution in [1.82, 2.24) is 0 Å². The van der Waals surface area contributed by atoms with E-state index in [4.69, 9.17) is 16.7 Å². The van der Waals surface area contributed by atoms with Crippen LogP contribution in [0, 0.1) is 10.1 Å². The smallest absolute Gasteiger partial charge is 0.293 e. The van der Waals surface area contributed by atoms with Gasteiger partial charge < -0.3 is 5.32 Å². The Kier molecular flexibility index (Phi) is 4.27. The summed E-state index contributed by atoms with van der Waals surface area (Å²) in [5.74, 6) is -0.338. The van der Waals surface area contributed by atoms with Gasteiger partial charge in [0.25, 0.3) is 5.69 Å². The van der Waals surface area contributed by atoms with Crippen LogP contribution in [-0.4, -0.2) is 25.6 Å². The summed E-state index contributed by atoms with van der Waals surface area (Å²) in [6.07, 6.45) is 0. The summed E-state index contributed by atoms with van der Waals surface area (Å²) >= 11 is 5.78. The summed E-state index contributed by atoms with van der Waals surface area (Å²) in [5.41, 5.74) is -0.130. The highest BCUT2D eigenvalue weighted by molar-refractivity contribution is 7.89. The van der Waals surface area contributed by atoms with E-state index in [1.165, 1.54) is 18.2 Å². The molecule has 0 amide bonds. The number of halogens is 1. The van der Waals surface area contributed by atoms with Gasteiger partial charge in [-0.05, 0) is 6.07 Å². The summed E-state index contributed by atoms with van der Waals surface area (Å²) in [6.45, 7) is -0.0522. The number of hydrogen-bond acceptors (Lipinski definition) is 5. The minimum atomic E-state index is -3.62. The third-order valence-corrected chi connectivity index (χ3v) is 2.96. The number of nitrogens with two attached hydrogens (primary N) is 1. The average Bonchev–Trinajstić information content (AvgIpc) is 2.18. The Morgan fingerprint density at radius 2 is 2.12 bits per heavy atom. The van der Waals surface area contributed by atoms with E-state index < -0.39 is 14.9 Å². The Morgan fingerprint density at radius 1 is 1.47 bits per heavy atom. The highest BCUT2D eigenvalue weighted by Crippen LogP contribution is 2.31. The lowest BCUT2D eigenvalue weighted by Crippen LogP contribution is -2.22. The van der Waals surface area contributed by atoms with Gasteiger partial charge in [0.1, 0.15) is 5.69 Å². The highest BCUT2D eigenvalue weighted by Gasteiger charge is 2.16. The molecule has 1 aromatic carbocycles. The molecule has 0 atom stereocenters. The van der Waals surface area contributed by atoms with Gasteiger partial charge in [0.05, 0.1) is 15.7 Å². The van der Waals surface area contributed by atoms with E-state index in [1.807, 2.05) is 0 Å². The molecule has 3 N–H and O–H groups in total. The first kappa shape index (κ1) is 13.7. The van der Waals surface area contributed by atoms with Crippen molar-refractivity contribution in [3.05, 3.63) is 33.3 Å². The van der Waals surface area contributed by atoms with E-state index >= 15 is 0 Å². The molecule has 9 heteroatoms. The number of anilines is 1. The molecule has 0 aliphatic rings. The zero-order valence-electron chi connectivity index (χ0n) is 8.59. The van der Waals surface area contributed by atoms with Gasteiger partial charge in [-0.3, -0.25) is 10.1 Å². The van der Waals surface area contributed by atoms with Crippen LogP contribution in [0.1, 0.15) is 0 Å². The molecular weight excluding hydrogens is 270 g/mol. The summed E-state index contributed by atoms with van der Waals surface area (Å²) in [4.78, 5) is 10.1. The second-order valence-electron chi connectivity index (χ2n) is 3.18. The number of nitro groups is 1. The monoisotopic (exact) mass is 279 g/mol. The molecule has 0 bridgehead atoms. The van der Waals surface area contributed by atoms with Crippen LogP contribution >= 0.6 is 11.6 Å². The van der Waals surface area contributed by atoms with E-state index in [-0.39, 0.29) is 28.7 Å². The number of nitrogens with one attached hydrogen (secondary N) is 1. The number of sulfonamides is 1.